The Hall–Kier alpha value is -2.86. The summed E-state index contributed by atoms with van der Waals surface area (Å²) in [6.45, 7) is 2.34. The van der Waals surface area contributed by atoms with Crippen molar-refractivity contribution in [2.24, 2.45) is 4.36 Å². The first-order valence-corrected chi connectivity index (χ1v) is 14.4. The number of hydrogen-bond acceptors (Lipinski definition) is 9. The van der Waals surface area contributed by atoms with Gasteiger partial charge in [-0.2, -0.15) is 4.36 Å². The van der Waals surface area contributed by atoms with E-state index >= 15 is 0 Å². The number of aliphatic hydroxyl groups is 1. The van der Waals surface area contributed by atoms with Gasteiger partial charge in [0.1, 0.15) is 42.0 Å². The quantitative estimate of drug-likeness (QED) is 0.511. The molecule has 4 heterocycles. The zero-order chi connectivity index (χ0) is 25.6. The molecule has 0 spiro atoms. The number of benzene rings is 2. The number of nitrogens with zero attached hydrogens (tertiary/aromatic N) is 3. The van der Waals surface area contributed by atoms with Crippen molar-refractivity contribution < 1.29 is 27.9 Å². The number of halogens is 1. The second kappa shape index (κ2) is 9.79. The van der Waals surface area contributed by atoms with Gasteiger partial charge < -0.3 is 24.6 Å². The van der Waals surface area contributed by atoms with Crippen LogP contribution >= 0.6 is 0 Å². The van der Waals surface area contributed by atoms with Gasteiger partial charge >= 0.3 is 0 Å². The zero-order valence-corrected chi connectivity index (χ0v) is 21.2. The Morgan fingerprint density at radius 3 is 2.76 bits per heavy atom. The summed E-state index contributed by atoms with van der Waals surface area (Å²) >= 11 is 0. The lowest BCUT2D eigenvalue weighted by Crippen LogP contribution is -2.34. The minimum Gasteiger partial charge on any atom is -0.483 e. The fourth-order valence-electron chi connectivity index (χ4n) is 5.27. The molecule has 3 aliphatic rings. The first-order valence-electron chi connectivity index (χ1n) is 12.5. The zero-order valence-electron chi connectivity index (χ0n) is 20.4. The molecule has 11 heteroatoms. The van der Waals surface area contributed by atoms with Crippen molar-refractivity contribution in [2.75, 3.05) is 30.0 Å². The number of aromatic nitrogens is 2. The van der Waals surface area contributed by atoms with E-state index in [0.29, 0.717) is 34.2 Å². The standard InChI is InChI=1S/C26H29FN4O5S/c1-15-9-17(31-37(33)7-3-2-4-8-37)11-19-23(15)26(29-14-28-19)30-18-6-5-16(27)10-21(18)36-22-13-35-24-20(32)12-34-25(22)24/h5-6,9-11,14,20,22,24-25,32H,2-4,7-8,12-13H2,1H3,(H,28,29,30). The van der Waals surface area contributed by atoms with Gasteiger partial charge in [-0.1, -0.05) is 6.42 Å². The lowest BCUT2D eigenvalue weighted by molar-refractivity contribution is 0.00871. The van der Waals surface area contributed by atoms with Crippen LogP contribution in [0.25, 0.3) is 10.9 Å². The summed E-state index contributed by atoms with van der Waals surface area (Å²) in [7, 11) is -2.24. The Morgan fingerprint density at radius 2 is 1.92 bits per heavy atom. The van der Waals surface area contributed by atoms with Crippen LogP contribution < -0.4 is 10.1 Å². The fourth-order valence-corrected chi connectivity index (χ4v) is 7.46. The van der Waals surface area contributed by atoms with E-state index < -0.39 is 40.0 Å². The maximum atomic E-state index is 14.2. The molecule has 3 saturated heterocycles. The predicted octanol–water partition coefficient (Wildman–Crippen LogP) is 4.01. The highest BCUT2D eigenvalue weighted by atomic mass is 32.2. The second-order valence-electron chi connectivity index (χ2n) is 9.80. The highest BCUT2D eigenvalue weighted by molar-refractivity contribution is 7.93. The van der Waals surface area contributed by atoms with Crippen molar-refractivity contribution in [1.82, 2.24) is 9.97 Å². The third-order valence-electron chi connectivity index (χ3n) is 7.08. The minimum absolute atomic E-state index is 0.179. The number of anilines is 2. The van der Waals surface area contributed by atoms with Crippen LogP contribution in [0.3, 0.4) is 0 Å². The Balaban J connectivity index is 1.31. The molecule has 37 heavy (non-hydrogen) atoms. The van der Waals surface area contributed by atoms with Crippen LogP contribution in [-0.2, 0) is 19.2 Å². The van der Waals surface area contributed by atoms with Crippen molar-refractivity contribution in [3.8, 4) is 5.75 Å². The van der Waals surface area contributed by atoms with E-state index in [1.54, 1.807) is 6.07 Å². The molecule has 2 aromatic carbocycles. The summed E-state index contributed by atoms with van der Waals surface area (Å²) in [5, 5.41) is 14.1. The summed E-state index contributed by atoms with van der Waals surface area (Å²) in [6.07, 6.45) is 2.36. The molecule has 3 aliphatic heterocycles. The molecular weight excluding hydrogens is 499 g/mol. The predicted molar refractivity (Wildman–Crippen MR) is 138 cm³/mol. The summed E-state index contributed by atoms with van der Waals surface area (Å²) in [4.78, 5) is 8.87. The van der Waals surface area contributed by atoms with Gasteiger partial charge in [0.2, 0.25) is 0 Å². The van der Waals surface area contributed by atoms with E-state index in [2.05, 4.69) is 19.6 Å². The van der Waals surface area contributed by atoms with Gasteiger partial charge in [-0.05, 0) is 49.6 Å². The van der Waals surface area contributed by atoms with Crippen molar-refractivity contribution in [3.05, 3.63) is 48.0 Å². The van der Waals surface area contributed by atoms with Gasteiger partial charge in [-0.15, -0.1) is 0 Å². The number of fused-ring (bicyclic) bond motifs is 2. The molecule has 2 N–H and O–H groups in total. The molecular formula is C26H29FN4O5S. The van der Waals surface area contributed by atoms with Crippen molar-refractivity contribution in [3.63, 3.8) is 0 Å². The normalized spacial score (nSPS) is 26.7. The van der Waals surface area contributed by atoms with E-state index in [1.165, 1.54) is 18.5 Å². The lowest BCUT2D eigenvalue weighted by atomic mass is 10.1. The second-order valence-corrected chi connectivity index (χ2v) is 12.3. The lowest BCUT2D eigenvalue weighted by Gasteiger charge is -2.21. The molecule has 4 unspecified atom stereocenters. The minimum atomic E-state index is -2.24. The number of ether oxygens (including phenoxy) is 3. The number of nitrogens with one attached hydrogen (secondary N) is 1. The first-order chi connectivity index (χ1) is 17.9. The summed E-state index contributed by atoms with van der Waals surface area (Å²) < 4.78 is 49.4. The maximum Gasteiger partial charge on any atom is 0.151 e. The average molecular weight is 529 g/mol. The monoisotopic (exact) mass is 528 g/mol. The smallest absolute Gasteiger partial charge is 0.151 e. The van der Waals surface area contributed by atoms with Crippen LogP contribution in [0.5, 0.6) is 5.75 Å². The first kappa shape index (κ1) is 24.5. The molecule has 196 valence electrons. The van der Waals surface area contributed by atoms with Gasteiger partial charge in [-0.3, -0.25) is 0 Å². The Kier molecular flexibility index (Phi) is 6.47. The van der Waals surface area contributed by atoms with Crippen LogP contribution in [-0.4, -0.2) is 68.4 Å². The number of rotatable bonds is 5. The molecule has 0 saturated carbocycles. The van der Waals surface area contributed by atoms with Gasteiger partial charge in [0.15, 0.2) is 6.10 Å². The van der Waals surface area contributed by atoms with E-state index in [1.807, 2.05) is 19.1 Å². The van der Waals surface area contributed by atoms with Crippen LogP contribution in [0.15, 0.2) is 41.0 Å². The van der Waals surface area contributed by atoms with Gasteiger partial charge in [0.25, 0.3) is 0 Å². The maximum absolute atomic E-state index is 14.2. The Labute approximate surface area is 214 Å². The summed E-state index contributed by atoms with van der Waals surface area (Å²) in [5.74, 6) is 1.62. The molecule has 0 amide bonds. The number of aryl methyl sites for hydroxylation is 1. The van der Waals surface area contributed by atoms with Gasteiger partial charge in [0, 0.05) is 23.0 Å². The fraction of sp³-hybridized carbons (Fsp3) is 0.462. The van der Waals surface area contributed by atoms with Gasteiger partial charge in [0.05, 0.1) is 39.8 Å². The van der Waals surface area contributed by atoms with Crippen LogP contribution in [0.4, 0.5) is 21.6 Å². The molecule has 1 aromatic heterocycles. The molecule has 0 radical (unpaired) electrons. The molecule has 6 rings (SSSR count). The van der Waals surface area contributed by atoms with Crippen LogP contribution in [0.1, 0.15) is 24.8 Å². The Morgan fingerprint density at radius 1 is 1.11 bits per heavy atom. The molecule has 3 aromatic rings. The van der Waals surface area contributed by atoms with E-state index in [4.69, 9.17) is 14.2 Å². The molecule has 9 nitrogen and oxygen atoms in total. The van der Waals surface area contributed by atoms with Crippen LogP contribution in [0, 0.1) is 12.7 Å². The van der Waals surface area contributed by atoms with Crippen molar-refractivity contribution in [2.45, 2.75) is 50.6 Å². The van der Waals surface area contributed by atoms with E-state index in [0.717, 1.165) is 30.2 Å². The van der Waals surface area contributed by atoms with E-state index in [-0.39, 0.29) is 19.0 Å². The topological polar surface area (TPSA) is 115 Å². The SMILES string of the molecule is Cc1cc(N=S2(=O)CCCCC2)cc2ncnc(Nc3ccc(F)cc3OC3COC4C(O)COC34)c12. The molecule has 3 fully saturated rings. The van der Waals surface area contributed by atoms with Crippen molar-refractivity contribution in [1.29, 1.82) is 0 Å². The van der Waals surface area contributed by atoms with Gasteiger partial charge in [-0.25, -0.2) is 18.6 Å². The Bertz CT molecular complexity index is 1450. The number of aliphatic hydroxyl groups excluding tert-OH is 1. The third-order valence-corrected chi connectivity index (χ3v) is 9.47. The third kappa shape index (κ3) is 4.88. The summed E-state index contributed by atoms with van der Waals surface area (Å²) in [6, 6.07) is 7.96. The van der Waals surface area contributed by atoms with E-state index in [9.17, 15) is 13.7 Å². The van der Waals surface area contributed by atoms with Crippen LogP contribution in [0.2, 0.25) is 0 Å². The summed E-state index contributed by atoms with van der Waals surface area (Å²) in [5.41, 5.74) is 2.71. The molecule has 4 atom stereocenters. The molecule has 0 aliphatic carbocycles. The highest BCUT2D eigenvalue weighted by Gasteiger charge is 2.48. The largest absolute Gasteiger partial charge is 0.483 e. The average Bonchev–Trinajstić information content (AvgIpc) is 3.44. The molecule has 0 bridgehead atoms. The number of hydrogen-bond donors (Lipinski definition) is 2. The highest BCUT2D eigenvalue weighted by Crippen LogP contribution is 2.36. The van der Waals surface area contributed by atoms with Crippen molar-refractivity contribution >= 4 is 37.8 Å².